The fourth-order valence-corrected chi connectivity index (χ4v) is 4.06. The molecule has 7 heteroatoms. The van der Waals surface area contributed by atoms with E-state index in [0.29, 0.717) is 18.1 Å². The number of aliphatic imine (C=N–C) groups is 1. The number of hydrogen-bond acceptors (Lipinski definition) is 4. The van der Waals surface area contributed by atoms with E-state index in [0.717, 1.165) is 43.4 Å². The Morgan fingerprint density at radius 2 is 1.84 bits per heavy atom. The third-order valence-corrected chi connectivity index (χ3v) is 6.33. The molecule has 1 aromatic carbocycles. The van der Waals surface area contributed by atoms with Gasteiger partial charge in [0.1, 0.15) is 0 Å². The number of nitrogens with zero attached hydrogens (tertiary/aromatic N) is 1. The lowest BCUT2D eigenvalue weighted by atomic mass is 9.88. The molecular formula is C25H37ClN4O2. The summed E-state index contributed by atoms with van der Waals surface area (Å²) < 4.78 is 0. The van der Waals surface area contributed by atoms with Crippen molar-refractivity contribution in [3.05, 3.63) is 46.6 Å². The molecule has 0 bridgehead atoms. The molecule has 4 N–H and O–H groups in total. The maximum Gasteiger partial charge on any atom is 0.230 e. The lowest BCUT2D eigenvalue weighted by Gasteiger charge is -2.21. The van der Waals surface area contributed by atoms with Gasteiger partial charge in [0.25, 0.3) is 0 Å². The van der Waals surface area contributed by atoms with Crippen LogP contribution in [0.15, 0.2) is 41.0 Å². The molecule has 2 aliphatic carbocycles. The monoisotopic (exact) mass is 460 g/mol. The maximum absolute atomic E-state index is 12.0. The molecule has 0 aliphatic heterocycles. The molecule has 6 nitrogen and oxygen atoms in total. The molecular weight excluding hydrogens is 424 g/mol. The highest BCUT2D eigenvalue weighted by Crippen LogP contribution is 2.48. The molecule has 32 heavy (non-hydrogen) atoms. The van der Waals surface area contributed by atoms with Gasteiger partial charge in [-0.25, -0.2) is 0 Å². The number of amides is 2. The minimum atomic E-state index is -0.320. The van der Waals surface area contributed by atoms with E-state index in [2.05, 4.69) is 15.6 Å². The molecule has 0 spiro atoms. The maximum atomic E-state index is 12.0. The highest BCUT2D eigenvalue weighted by Gasteiger charge is 2.50. The van der Waals surface area contributed by atoms with Gasteiger partial charge in [-0.2, -0.15) is 0 Å². The summed E-state index contributed by atoms with van der Waals surface area (Å²) in [5.41, 5.74) is 7.05. The molecule has 0 atom stereocenters. The number of carbonyl (C=O) groups is 2. The van der Waals surface area contributed by atoms with E-state index < -0.39 is 0 Å². The second kappa shape index (κ2) is 13.4. The second-order valence-electron chi connectivity index (χ2n) is 8.41. The Morgan fingerprint density at radius 1 is 1.19 bits per heavy atom. The second-order valence-corrected chi connectivity index (χ2v) is 8.85. The molecule has 176 valence electrons. The first-order valence-corrected chi connectivity index (χ1v) is 12.0. The van der Waals surface area contributed by atoms with Crippen LogP contribution in [-0.2, 0) is 15.0 Å². The molecule has 3 rings (SSSR count). The van der Waals surface area contributed by atoms with Crippen LogP contribution in [0.25, 0.3) is 0 Å². The highest BCUT2D eigenvalue weighted by atomic mass is 35.5. The number of rotatable bonds is 8. The Balaban J connectivity index is 0.000000227. The summed E-state index contributed by atoms with van der Waals surface area (Å²) in [4.78, 5) is 27.8. The van der Waals surface area contributed by atoms with E-state index in [-0.39, 0.29) is 23.1 Å². The van der Waals surface area contributed by atoms with Crippen molar-refractivity contribution in [2.75, 3.05) is 20.1 Å². The minimum Gasteiger partial charge on any atom is -0.354 e. The Labute approximate surface area is 197 Å². The Kier molecular flexibility index (Phi) is 10.9. The summed E-state index contributed by atoms with van der Waals surface area (Å²) >= 11 is 5.83. The van der Waals surface area contributed by atoms with Crippen molar-refractivity contribution in [2.24, 2.45) is 16.6 Å². The Hall–Kier alpha value is -2.18. The standard InChI is InChI=1S/C13H22N2O.C12H15ClN2O/c1-3-12(9-10-14-2)15-13(16)11-7-5-4-6-8-11;13-10-3-1-9(2-4-10)12(5-6-12)11(16)15-8-7-14/h9-11H,3-8H2,1-2H3,(H,15,16);1-4H,5-8,14H2,(H,15,16)/b12-9+,14-10?;. The van der Waals surface area contributed by atoms with Crippen LogP contribution in [0, 0.1) is 5.92 Å². The van der Waals surface area contributed by atoms with Crippen LogP contribution in [0.5, 0.6) is 0 Å². The van der Waals surface area contributed by atoms with Crippen molar-refractivity contribution in [2.45, 2.75) is 63.7 Å². The van der Waals surface area contributed by atoms with Gasteiger partial charge in [-0.05, 0) is 55.9 Å². The molecule has 1 aromatic rings. The van der Waals surface area contributed by atoms with Crippen molar-refractivity contribution < 1.29 is 9.59 Å². The molecule has 0 aromatic heterocycles. The molecule has 0 unspecified atom stereocenters. The first kappa shape index (κ1) is 26.1. The fourth-order valence-electron chi connectivity index (χ4n) is 3.93. The number of nitrogens with one attached hydrogen (secondary N) is 2. The summed E-state index contributed by atoms with van der Waals surface area (Å²) in [6, 6.07) is 7.51. The van der Waals surface area contributed by atoms with E-state index in [9.17, 15) is 9.59 Å². The zero-order valence-electron chi connectivity index (χ0n) is 19.3. The van der Waals surface area contributed by atoms with Crippen molar-refractivity contribution in [3.63, 3.8) is 0 Å². The summed E-state index contributed by atoms with van der Waals surface area (Å²) in [6.45, 7) is 3.05. The minimum absolute atomic E-state index is 0.0836. The lowest BCUT2D eigenvalue weighted by molar-refractivity contribution is -0.125. The molecule has 2 amide bonds. The van der Waals surface area contributed by atoms with E-state index in [1.54, 1.807) is 13.3 Å². The van der Waals surface area contributed by atoms with Gasteiger partial charge in [-0.15, -0.1) is 0 Å². The van der Waals surface area contributed by atoms with E-state index in [4.69, 9.17) is 17.3 Å². The van der Waals surface area contributed by atoms with Crippen LogP contribution < -0.4 is 16.4 Å². The summed E-state index contributed by atoms with van der Waals surface area (Å²) in [6.07, 6.45) is 12.0. The zero-order chi connectivity index (χ0) is 23.4. The van der Waals surface area contributed by atoms with Gasteiger partial charge in [0, 0.05) is 43.0 Å². The van der Waals surface area contributed by atoms with Crippen LogP contribution in [0.2, 0.25) is 5.02 Å². The van der Waals surface area contributed by atoms with Gasteiger partial charge in [0.05, 0.1) is 5.41 Å². The van der Waals surface area contributed by atoms with Crippen molar-refractivity contribution in [3.8, 4) is 0 Å². The molecule has 2 fully saturated rings. The first-order valence-electron chi connectivity index (χ1n) is 11.6. The Morgan fingerprint density at radius 3 is 2.38 bits per heavy atom. The predicted molar refractivity (Wildman–Crippen MR) is 132 cm³/mol. The van der Waals surface area contributed by atoms with Gasteiger partial charge in [0.2, 0.25) is 11.8 Å². The molecule has 0 saturated heterocycles. The number of benzene rings is 1. The zero-order valence-corrected chi connectivity index (χ0v) is 20.1. The number of allylic oxidation sites excluding steroid dienone is 2. The van der Waals surface area contributed by atoms with E-state index >= 15 is 0 Å². The van der Waals surface area contributed by atoms with Crippen molar-refractivity contribution in [1.82, 2.24) is 10.6 Å². The van der Waals surface area contributed by atoms with Crippen LogP contribution in [0.1, 0.15) is 63.9 Å². The fraction of sp³-hybridized carbons (Fsp3) is 0.560. The number of hydrogen-bond donors (Lipinski definition) is 3. The van der Waals surface area contributed by atoms with Gasteiger partial charge in [-0.3, -0.25) is 14.6 Å². The summed E-state index contributed by atoms with van der Waals surface area (Å²) in [5, 5.41) is 6.55. The van der Waals surface area contributed by atoms with Crippen LogP contribution in [0.3, 0.4) is 0 Å². The van der Waals surface area contributed by atoms with E-state index in [1.807, 2.05) is 37.3 Å². The van der Waals surface area contributed by atoms with Crippen LogP contribution in [0.4, 0.5) is 0 Å². The van der Waals surface area contributed by atoms with Gasteiger partial charge in [-0.1, -0.05) is 49.9 Å². The third-order valence-electron chi connectivity index (χ3n) is 6.08. The average Bonchev–Trinajstić information content (AvgIpc) is 3.63. The number of halogens is 1. The van der Waals surface area contributed by atoms with E-state index in [1.165, 1.54) is 19.3 Å². The predicted octanol–water partition coefficient (Wildman–Crippen LogP) is 4.12. The van der Waals surface area contributed by atoms with Crippen LogP contribution in [-0.4, -0.2) is 38.2 Å². The average molecular weight is 461 g/mol. The first-order chi connectivity index (χ1) is 15.5. The normalized spacial score (nSPS) is 17.9. The highest BCUT2D eigenvalue weighted by molar-refractivity contribution is 6.30. The summed E-state index contributed by atoms with van der Waals surface area (Å²) in [5.74, 6) is 0.500. The van der Waals surface area contributed by atoms with Crippen molar-refractivity contribution in [1.29, 1.82) is 0 Å². The smallest absolute Gasteiger partial charge is 0.230 e. The van der Waals surface area contributed by atoms with Gasteiger partial charge < -0.3 is 16.4 Å². The summed E-state index contributed by atoms with van der Waals surface area (Å²) in [7, 11) is 1.73. The van der Waals surface area contributed by atoms with Crippen LogP contribution >= 0.6 is 11.6 Å². The number of carbonyl (C=O) groups excluding carboxylic acids is 2. The Bertz CT molecular complexity index is 795. The third kappa shape index (κ3) is 7.75. The molecule has 2 aliphatic rings. The lowest BCUT2D eigenvalue weighted by Crippen LogP contribution is -2.37. The quantitative estimate of drug-likeness (QED) is 0.509. The largest absolute Gasteiger partial charge is 0.354 e. The number of nitrogens with two attached hydrogens (primary N) is 1. The van der Waals surface area contributed by atoms with Crippen molar-refractivity contribution >= 4 is 29.6 Å². The van der Waals surface area contributed by atoms with Gasteiger partial charge in [0.15, 0.2) is 0 Å². The topological polar surface area (TPSA) is 96.6 Å². The molecule has 0 heterocycles. The molecule has 2 saturated carbocycles. The SMILES string of the molecule is CC/C(=C\C=NC)NC(=O)C1CCCCC1.NCCNC(=O)C1(c2ccc(Cl)cc2)CC1. The van der Waals surface area contributed by atoms with Gasteiger partial charge >= 0.3 is 0 Å². The molecule has 0 radical (unpaired) electrons.